The monoisotopic (exact) mass is 490 g/mol. The average Bonchev–Trinajstić information content (AvgIpc) is 2.81. The highest BCUT2D eigenvalue weighted by molar-refractivity contribution is 5.89. The SMILES string of the molecule is CC(C)[C@H]1COCC=CCOc2ccc(cc2)C[C@@H](NC(=O)NC(CCCCN)C(=O)O)C(=O)N1. The lowest BCUT2D eigenvalue weighted by atomic mass is 10.0. The fourth-order valence-corrected chi connectivity index (χ4v) is 3.50. The summed E-state index contributed by atoms with van der Waals surface area (Å²) < 4.78 is 11.4. The van der Waals surface area contributed by atoms with E-state index in [1.54, 1.807) is 12.1 Å². The second-order valence-electron chi connectivity index (χ2n) is 8.87. The molecule has 0 fully saturated rings. The summed E-state index contributed by atoms with van der Waals surface area (Å²) in [7, 11) is 0. The van der Waals surface area contributed by atoms with Crippen molar-refractivity contribution >= 4 is 17.9 Å². The predicted octanol–water partition coefficient (Wildman–Crippen LogP) is 1.59. The van der Waals surface area contributed by atoms with E-state index in [2.05, 4.69) is 16.0 Å². The second kappa shape index (κ2) is 15.0. The number of rotatable bonds is 8. The first-order valence-corrected chi connectivity index (χ1v) is 12.0. The molecule has 2 heterocycles. The van der Waals surface area contributed by atoms with Gasteiger partial charge in [0.15, 0.2) is 0 Å². The normalized spacial score (nSPS) is 20.1. The Labute approximate surface area is 206 Å². The van der Waals surface area contributed by atoms with Gasteiger partial charge in [0.05, 0.1) is 19.3 Å². The maximum atomic E-state index is 13.2. The summed E-state index contributed by atoms with van der Waals surface area (Å²) in [5.41, 5.74) is 6.29. The summed E-state index contributed by atoms with van der Waals surface area (Å²) in [6.07, 6.45) is 5.43. The summed E-state index contributed by atoms with van der Waals surface area (Å²) in [5, 5.41) is 17.6. The second-order valence-corrected chi connectivity index (χ2v) is 8.87. The van der Waals surface area contributed by atoms with Crippen molar-refractivity contribution in [3.8, 4) is 5.75 Å². The molecule has 1 aromatic carbocycles. The van der Waals surface area contributed by atoms with Gasteiger partial charge in [0, 0.05) is 6.42 Å². The van der Waals surface area contributed by atoms with Gasteiger partial charge >= 0.3 is 12.0 Å². The van der Waals surface area contributed by atoms with Crippen molar-refractivity contribution < 1.29 is 29.0 Å². The minimum atomic E-state index is -1.14. The number of carbonyl (C=O) groups excluding carboxylic acids is 2. The van der Waals surface area contributed by atoms with Crippen LogP contribution >= 0.6 is 0 Å². The van der Waals surface area contributed by atoms with Crippen LogP contribution in [0.3, 0.4) is 0 Å². The molecule has 2 bridgehead atoms. The summed E-state index contributed by atoms with van der Waals surface area (Å²) in [4.78, 5) is 37.5. The number of carbonyl (C=O) groups is 3. The zero-order valence-corrected chi connectivity index (χ0v) is 20.5. The Morgan fingerprint density at radius 1 is 1.17 bits per heavy atom. The summed E-state index contributed by atoms with van der Waals surface area (Å²) in [6.45, 7) is 5.50. The van der Waals surface area contributed by atoms with E-state index in [1.165, 1.54) is 0 Å². The Kier molecular flexibility index (Phi) is 12.1. The smallest absolute Gasteiger partial charge is 0.326 e. The third-order valence-electron chi connectivity index (χ3n) is 5.69. The molecule has 10 heteroatoms. The van der Waals surface area contributed by atoms with Crippen LogP contribution in [-0.2, 0) is 20.7 Å². The number of ether oxygens (including phenoxy) is 2. The van der Waals surface area contributed by atoms with Crippen molar-refractivity contribution in [2.75, 3.05) is 26.4 Å². The molecule has 0 aliphatic carbocycles. The van der Waals surface area contributed by atoms with Crippen LogP contribution in [0, 0.1) is 5.92 Å². The van der Waals surface area contributed by atoms with E-state index in [0.29, 0.717) is 45.0 Å². The molecule has 194 valence electrons. The van der Waals surface area contributed by atoms with Crippen molar-refractivity contribution in [3.63, 3.8) is 0 Å². The van der Waals surface area contributed by atoms with Crippen LogP contribution in [-0.4, -0.2) is 67.5 Å². The highest BCUT2D eigenvalue weighted by atomic mass is 16.5. The Balaban J connectivity index is 2.18. The summed E-state index contributed by atoms with van der Waals surface area (Å²) in [5.74, 6) is -0.737. The Morgan fingerprint density at radius 2 is 1.89 bits per heavy atom. The molecule has 0 radical (unpaired) electrons. The number of carboxylic acid groups (broad SMARTS) is 1. The molecule has 35 heavy (non-hydrogen) atoms. The topological polar surface area (TPSA) is 152 Å². The van der Waals surface area contributed by atoms with E-state index in [1.807, 2.05) is 38.1 Å². The van der Waals surface area contributed by atoms with Gasteiger partial charge in [0.25, 0.3) is 0 Å². The fraction of sp³-hybridized carbons (Fsp3) is 0.560. The lowest BCUT2D eigenvalue weighted by Crippen LogP contribution is -2.56. The molecule has 1 unspecified atom stereocenters. The minimum Gasteiger partial charge on any atom is -0.490 e. The summed E-state index contributed by atoms with van der Waals surface area (Å²) in [6, 6.07) is 4.29. The Bertz CT molecular complexity index is 843. The number of unbranched alkanes of at least 4 members (excludes halogenated alkanes) is 1. The van der Waals surface area contributed by atoms with E-state index in [-0.39, 0.29) is 30.7 Å². The number of carboxylic acids is 1. The van der Waals surface area contributed by atoms with Gasteiger partial charge in [-0.2, -0.15) is 0 Å². The van der Waals surface area contributed by atoms with E-state index < -0.39 is 24.1 Å². The zero-order chi connectivity index (χ0) is 25.6. The third-order valence-corrected chi connectivity index (χ3v) is 5.69. The lowest BCUT2D eigenvalue weighted by molar-refractivity contribution is -0.139. The van der Waals surface area contributed by atoms with Crippen LogP contribution in [0.4, 0.5) is 4.79 Å². The molecular weight excluding hydrogens is 452 g/mol. The van der Waals surface area contributed by atoms with Crippen LogP contribution in [0.15, 0.2) is 36.4 Å². The van der Waals surface area contributed by atoms with Crippen molar-refractivity contribution in [1.29, 1.82) is 0 Å². The number of nitrogens with one attached hydrogen (secondary N) is 3. The van der Waals surface area contributed by atoms with E-state index in [0.717, 1.165) is 5.56 Å². The number of hydrogen-bond donors (Lipinski definition) is 5. The molecule has 3 atom stereocenters. The molecule has 0 saturated heterocycles. The Hall–Kier alpha value is -3.11. The number of fused-ring (bicyclic) bond motifs is 12. The minimum absolute atomic E-state index is 0.0952. The standard InChI is InChI=1S/C25H38N4O6/c1-17(2)22-16-34-13-5-6-14-35-19-10-8-18(9-11-19)15-21(23(30)27-22)29-25(33)28-20(24(31)32)7-3-4-12-26/h5-6,8-11,17,20-22H,3-4,7,12-16,26H2,1-2H3,(H,27,30)(H,31,32)(H2,28,29,33)/t20?,21-,22-/m1/s1. The quantitative estimate of drug-likeness (QED) is 0.274. The molecule has 1 aromatic rings. The molecular formula is C25H38N4O6. The van der Waals surface area contributed by atoms with Crippen LogP contribution in [0.25, 0.3) is 0 Å². The van der Waals surface area contributed by atoms with Crippen molar-refractivity contribution in [3.05, 3.63) is 42.0 Å². The van der Waals surface area contributed by atoms with Crippen LogP contribution in [0.1, 0.15) is 38.7 Å². The largest absolute Gasteiger partial charge is 0.490 e. The highest BCUT2D eigenvalue weighted by Gasteiger charge is 2.27. The fourth-order valence-electron chi connectivity index (χ4n) is 3.50. The molecule has 2 aliphatic rings. The molecule has 0 aromatic heterocycles. The number of amides is 3. The molecule has 0 saturated carbocycles. The van der Waals surface area contributed by atoms with Gasteiger partial charge in [0.1, 0.15) is 24.4 Å². The van der Waals surface area contributed by atoms with Gasteiger partial charge in [0.2, 0.25) is 5.91 Å². The highest BCUT2D eigenvalue weighted by Crippen LogP contribution is 2.14. The number of hydrogen-bond acceptors (Lipinski definition) is 6. The van der Waals surface area contributed by atoms with Gasteiger partial charge in [-0.25, -0.2) is 9.59 Å². The number of urea groups is 1. The zero-order valence-electron chi connectivity index (χ0n) is 20.5. The van der Waals surface area contributed by atoms with Gasteiger partial charge < -0.3 is 36.3 Å². The lowest BCUT2D eigenvalue weighted by Gasteiger charge is -2.26. The van der Waals surface area contributed by atoms with Crippen LogP contribution < -0.4 is 26.4 Å². The molecule has 2 aliphatic heterocycles. The third kappa shape index (κ3) is 10.4. The first-order valence-electron chi connectivity index (χ1n) is 12.0. The van der Waals surface area contributed by atoms with Gasteiger partial charge in [-0.3, -0.25) is 4.79 Å². The number of nitrogens with two attached hydrogens (primary N) is 1. The van der Waals surface area contributed by atoms with Crippen molar-refractivity contribution in [2.45, 2.75) is 57.7 Å². The van der Waals surface area contributed by atoms with E-state index in [9.17, 15) is 19.5 Å². The summed E-state index contributed by atoms with van der Waals surface area (Å²) >= 11 is 0. The Morgan fingerprint density at radius 3 is 2.54 bits per heavy atom. The van der Waals surface area contributed by atoms with Gasteiger partial charge in [-0.1, -0.05) is 32.1 Å². The first-order chi connectivity index (χ1) is 16.8. The van der Waals surface area contributed by atoms with Gasteiger partial charge in [-0.15, -0.1) is 0 Å². The molecule has 6 N–H and O–H groups in total. The van der Waals surface area contributed by atoms with Gasteiger partial charge in [-0.05, 0) is 55.5 Å². The van der Waals surface area contributed by atoms with E-state index in [4.69, 9.17) is 15.2 Å². The molecule has 10 nitrogen and oxygen atoms in total. The molecule has 3 rings (SSSR count). The van der Waals surface area contributed by atoms with Crippen LogP contribution in [0.5, 0.6) is 5.75 Å². The first kappa shape index (κ1) is 28.1. The maximum absolute atomic E-state index is 13.2. The number of aliphatic carboxylic acids is 1. The van der Waals surface area contributed by atoms with Crippen LogP contribution in [0.2, 0.25) is 0 Å². The van der Waals surface area contributed by atoms with Crippen molar-refractivity contribution in [2.24, 2.45) is 11.7 Å². The molecule has 3 amide bonds. The maximum Gasteiger partial charge on any atom is 0.326 e. The average molecular weight is 491 g/mol. The number of benzene rings is 1. The molecule has 0 spiro atoms. The van der Waals surface area contributed by atoms with Crippen molar-refractivity contribution in [1.82, 2.24) is 16.0 Å². The van der Waals surface area contributed by atoms with E-state index >= 15 is 0 Å². The predicted molar refractivity (Wildman–Crippen MR) is 132 cm³/mol.